The Bertz CT molecular complexity index is 422. The third kappa shape index (κ3) is 3.22. The predicted molar refractivity (Wildman–Crippen MR) is 69.6 cm³/mol. The lowest BCUT2D eigenvalue weighted by Gasteiger charge is -2.35. The highest BCUT2D eigenvalue weighted by molar-refractivity contribution is 5.85. The number of halogens is 4. The summed E-state index contributed by atoms with van der Waals surface area (Å²) in [5.41, 5.74) is -1.55. The van der Waals surface area contributed by atoms with Crippen molar-refractivity contribution >= 4 is 12.4 Å². The van der Waals surface area contributed by atoms with Crippen molar-refractivity contribution in [3.05, 3.63) is 35.4 Å². The first-order valence-electron chi connectivity index (χ1n) is 5.96. The molecule has 2 N–H and O–H groups in total. The van der Waals surface area contributed by atoms with E-state index in [1.165, 1.54) is 18.2 Å². The quantitative estimate of drug-likeness (QED) is 0.899. The zero-order chi connectivity index (χ0) is 13.2. The van der Waals surface area contributed by atoms with Crippen LogP contribution in [0.1, 0.15) is 24.0 Å². The molecule has 1 aliphatic heterocycles. The highest BCUT2D eigenvalue weighted by Gasteiger charge is 2.41. The minimum Gasteiger partial charge on any atom is -0.385 e. The highest BCUT2D eigenvalue weighted by Crippen LogP contribution is 2.39. The molecule has 6 heteroatoms. The molecule has 1 aromatic rings. The molecule has 0 amide bonds. The first-order chi connectivity index (χ1) is 8.49. The van der Waals surface area contributed by atoms with Crippen LogP contribution in [-0.2, 0) is 11.5 Å². The lowest BCUT2D eigenvalue weighted by Crippen LogP contribution is -2.41. The molecule has 108 valence electrons. The van der Waals surface area contributed by atoms with Gasteiger partial charge in [-0.05, 0) is 31.5 Å². The molecule has 0 aromatic heterocycles. The van der Waals surface area contributed by atoms with Gasteiger partial charge in [0.1, 0.15) is 0 Å². The summed E-state index contributed by atoms with van der Waals surface area (Å²) >= 11 is 0. The first kappa shape index (κ1) is 16.3. The van der Waals surface area contributed by atoms with Gasteiger partial charge in [0, 0.05) is 5.56 Å². The Morgan fingerprint density at radius 2 is 1.79 bits per heavy atom. The number of alkyl halides is 3. The van der Waals surface area contributed by atoms with Crippen LogP contribution >= 0.6 is 12.4 Å². The Morgan fingerprint density at radius 3 is 2.37 bits per heavy atom. The van der Waals surface area contributed by atoms with Gasteiger partial charge in [0.25, 0.3) is 0 Å². The van der Waals surface area contributed by atoms with Crippen LogP contribution in [0.25, 0.3) is 0 Å². The number of piperidine rings is 1. The molecule has 1 saturated heterocycles. The van der Waals surface area contributed by atoms with E-state index < -0.39 is 23.8 Å². The maximum absolute atomic E-state index is 13.6. The predicted octanol–water partition coefficient (Wildman–Crippen LogP) is 2.74. The summed E-state index contributed by atoms with van der Waals surface area (Å²) in [5, 5.41) is 13.5. The van der Waals surface area contributed by atoms with Crippen molar-refractivity contribution in [2.75, 3.05) is 19.8 Å². The second kappa shape index (κ2) is 6.11. The summed E-state index contributed by atoms with van der Waals surface area (Å²) in [6.45, 7) is -0.629. The molecular formula is C13H17ClF3NO. The summed E-state index contributed by atoms with van der Waals surface area (Å²) in [6, 6.07) is 5.68. The fourth-order valence-corrected chi connectivity index (χ4v) is 2.39. The van der Waals surface area contributed by atoms with Crippen LogP contribution in [0.3, 0.4) is 0 Å². The molecule has 0 radical (unpaired) electrons. The van der Waals surface area contributed by atoms with Crippen molar-refractivity contribution in [3.8, 4) is 0 Å². The normalized spacial score (nSPS) is 18.7. The second-order valence-corrected chi connectivity index (χ2v) is 4.67. The van der Waals surface area contributed by atoms with Crippen molar-refractivity contribution < 1.29 is 18.3 Å². The molecule has 1 fully saturated rings. The van der Waals surface area contributed by atoms with Crippen LogP contribution in [0.15, 0.2) is 24.3 Å². The monoisotopic (exact) mass is 295 g/mol. The van der Waals surface area contributed by atoms with Gasteiger partial charge in [-0.2, -0.15) is 8.78 Å². The van der Waals surface area contributed by atoms with Gasteiger partial charge in [-0.1, -0.05) is 24.3 Å². The van der Waals surface area contributed by atoms with E-state index in [1.54, 1.807) is 6.07 Å². The molecule has 2 rings (SSSR count). The van der Waals surface area contributed by atoms with Crippen LogP contribution in [0.5, 0.6) is 0 Å². The molecule has 0 unspecified atom stereocenters. The van der Waals surface area contributed by atoms with Crippen molar-refractivity contribution in [3.63, 3.8) is 0 Å². The summed E-state index contributed by atoms with van der Waals surface area (Å²) in [7, 11) is 0. The molecule has 0 bridgehead atoms. The van der Waals surface area contributed by atoms with E-state index in [2.05, 4.69) is 5.32 Å². The van der Waals surface area contributed by atoms with E-state index >= 15 is 0 Å². The lowest BCUT2D eigenvalue weighted by atomic mass is 9.81. The second-order valence-electron chi connectivity index (χ2n) is 4.67. The standard InChI is InChI=1S/C13H16F3NO.ClH/c14-9-13(15,16)11-4-2-1-3-10(11)12(18)5-7-17-8-6-12;/h1-4,17-18H,5-9H2;1H. The zero-order valence-electron chi connectivity index (χ0n) is 10.3. The SMILES string of the molecule is Cl.OC1(c2ccccc2C(F)(F)CF)CCNCC1. The first-order valence-corrected chi connectivity index (χ1v) is 5.96. The molecule has 1 aliphatic rings. The fraction of sp³-hybridized carbons (Fsp3) is 0.538. The maximum Gasteiger partial charge on any atom is 0.301 e. The molecular weight excluding hydrogens is 279 g/mol. The van der Waals surface area contributed by atoms with Gasteiger partial charge >= 0.3 is 5.92 Å². The van der Waals surface area contributed by atoms with Crippen molar-refractivity contribution in [1.29, 1.82) is 0 Å². The van der Waals surface area contributed by atoms with E-state index in [9.17, 15) is 18.3 Å². The third-order valence-corrected chi connectivity index (χ3v) is 3.42. The van der Waals surface area contributed by atoms with Crippen LogP contribution in [0.2, 0.25) is 0 Å². The maximum atomic E-state index is 13.6. The van der Waals surface area contributed by atoms with Crippen LogP contribution in [0.4, 0.5) is 13.2 Å². The molecule has 0 spiro atoms. The average molecular weight is 296 g/mol. The minimum absolute atomic E-state index is 0. The van der Waals surface area contributed by atoms with E-state index in [-0.39, 0.29) is 18.0 Å². The summed E-state index contributed by atoms with van der Waals surface area (Å²) in [5.74, 6) is -3.54. The minimum atomic E-state index is -3.54. The van der Waals surface area contributed by atoms with Crippen LogP contribution in [0, 0.1) is 0 Å². The van der Waals surface area contributed by atoms with Gasteiger partial charge < -0.3 is 10.4 Å². The summed E-state index contributed by atoms with van der Waals surface area (Å²) in [4.78, 5) is 0. The van der Waals surface area contributed by atoms with E-state index in [1.807, 2.05) is 0 Å². The smallest absolute Gasteiger partial charge is 0.301 e. The molecule has 2 nitrogen and oxygen atoms in total. The van der Waals surface area contributed by atoms with Gasteiger partial charge in [-0.15, -0.1) is 12.4 Å². The van der Waals surface area contributed by atoms with Gasteiger partial charge in [0.15, 0.2) is 6.67 Å². The average Bonchev–Trinajstić information content (AvgIpc) is 2.40. The van der Waals surface area contributed by atoms with E-state index in [0.29, 0.717) is 25.9 Å². The number of rotatable bonds is 3. The molecule has 1 aromatic carbocycles. The number of benzene rings is 1. The highest BCUT2D eigenvalue weighted by atomic mass is 35.5. The zero-order valence-corrected chi connectivity index (χ0v) is 11.2. The van der Waals surface area contributed by atoms with Crippen LogP contribution in [-0.4, -0.2) is 24.9 Å². The van der Waals surface area contributed by atoms with Crippen molar-refractivity contribution in [2.24, 2.45) is 0 Å². The summed E-state index contributed by atoms with van der Waals surface area (Å²) < 4.78 is 39.6. The van der Waals surface area contributed by atoms with Gasteiger partial charge in [0.05, 0.1) is 5.60 Å². The molecule has 0 saturated carbocycles. The number of hydrogen-bond acceptors (Lipinski definition) is 2. The van der Waals surface area contributed by atoms with Gasteiger partial charge in [-0.25, -0.2) is 4.39 Å². The largest absolute Gasteiger partial charge is 0.385 e. The number of aliphatic hydroxyl groups is 1. The molecule has 1 heterocycles. The van der Waals surface area contributed by atoms with E-state index in [0.717, 1.165) is 0 Å². The van der Waals surface area contributed by atoms with Crippen molar-refractivity contribution in [1.82, 2.24) is 5.32 Å². The van der Waals surface area contributed by atoms with Gasteiger partial charge in [0.2, 0.25) is 0 Å². The Kier molecular flexibility index (Phi) is 5.24. The fourth-order valence-electron chi connectivity index (χ4n) is 2.39. The topological polar surface area (TPSA) is 32.3 Å². The number of nitrogens with one attached hydrogen (secondary N) is 1. The Hall–Kier alpha value is -0.780. The Balaban J connectivity index is 0.00000180. The van der Waals surface area contributed by atoms with Crippen molar-refractivity contribution in [2.45, 2.75) is 24.4 Å². The van der Waals surface area contributed by atoms with Gasteiger partial charge in [-0.3, -0.25) is 0 Å². The third-order valence-electron chi connectivity index (χ3n) is 3.42. The molecule has 0 aliphatic carbocycles. The Labute approximate surface area is 116 Å². The molecule has 0 atom stereocenters. The molecule has 19 heavy (non-hydrogen) atoms. The van der Waals surface area contributed by atoms with Crippen LogP contribution < -0.4 is 5.32 Å². The van der Waals surface area contributed by atoms with E-state index in [4.69, 9.17) is 0 Å². The lowest BCUT2D eigenvalue weighted by molar-refractivity contribution is -0.0408. The number of hydrogen-bond donors (Lipinski definition) is 2. The summed E-state index contributed by atoms with van der Waals surface area (Å²) in [6.07, 6.45) is 0.707. The Morgan fingerprint density at radius 1 is 1.21 bits per heavy atom.